The van der Waals surface area contributed by atoms with Gasteiger partial charge in [-0.15, -0.1) is 0 Å². The summed E-state index contributed by atoms with van der Waals surface area (Å²) < 4.78 is 5.98. The first kappa shape index (κ1) is 41.5. The lowest BCUT2D eigenvalue weighted by Gasteiger charge is -2.39. The molecule has 16 heteroatoms. The average Bonchev–Trinajstić information content (AvgIpc) is 3.97. The number of esters is 1. The highest BCUT2D eigenvalue weighted by Crippen LogP contribution is 2.30. The van der Waals surface area contributed by atoms with E-state index >= 15 is 0 Å². The van der Waals surface area contributed by atoms with Crippen molar-refractivity contribution in [3.63, 3.8) is 0 Å². The van der Waals surface area contributed by atoms with E-state index in [0.29, 0.717) is 50.8 Å². The third-order valence-electron chi connectivity index (χ3n) is 12.4. The van der Waals surface area contributed by atoms with E-state index in [1.807, 2.05) is 56.4 Å². The van der Waals surface area contributed by atoms with Crippen molar-refractivity contribution in [1.29, 1.82) is 0 Å². The van der Waals surface area contributed by atoms with Crippen LogP contribution in [0.3, 0.4) is 0 Å². The zero-order chi connectivity index (χ0) is 42.0. The molecule has 0 spiro atoms. The molecule has 0 bridgehead atoms. The van der Waals surface area contributed by atoms with Crippen molar-refractivity contribution in [3.8, 4) is 0 Å². The van der Waals surface area contributed by atoms with Crippen LogP contribution in [0.2, 0.25) is 0 Å². The lowest BCUT2D eigenvalue weighted by molar-refractivity contribution is -0.163. The number of ether oxygens (including phenoxy) is 1. The first-order valence-electron chi connectivity index (χ1n) is 21.0. The smallest absolute Gasteiger partial charge is 0.329 e. The van der Waals surface area contributed by atoms with Crippen LogP contribution in [0.5, 0.6) is 0 Å². The number of nitrogens with one attached hydrogen (secondary N) is 4. The number of piperidine rings is 1. The minimum Gasteiger partial charge on any atom is -0.458 e. The average molecular weight is 813 g/mol. The van der Waals surface area contributed by atoms with Gasteiger partial charge in [-0.3, -0.25) is 24.0 Å². The molecule has 7 amide bonds. The Labute approximate surface area is 344 Å². The number of nitrogens with zero attached hydrogens (tertiary/aromatic N) is 4. The van der Waals surface area contributed by atoms with Crippen molar-refractivity contribution in [2.45, 2.75) is 114 Å². The monoisotopic (exact) mass is 812 g/mol. The Kier molecular flexibility index (Phi) is 12.4. The maximum atomic E-state index is 14.8. The third kappa shape index (κ3) is 9.00. The molecule has 16 nitrogen and oxygen atoms in total. The van der Waals surface area contributed by atoms with Crippen LogP contribution in [-0.2, 0) is 46.3 Å². The van der Waals surface area contributed by atoms with Crippen molar-refractivity contribution in [3.05, 3.63) is 59.7 Å². The second-order valence-corrected chi connectivity index (χ2v) is 16.8. The number of likely N-dealkylation sites (N-methyl/N-ethyl adjacent to an activating group) is 1. The number of cyclic esters (lactones) is 1. The van der Waals surface area contributed by atoms with Gasteiger partial charge in [0.1, 0.15) is 42.4 Å². The van der Waals surface area contributed by atoms with Crippen molar-refractivity contribution in [2.24, 2.45) is 5.92 Å². The lowest BCUT2D eigenvalue weighted by Crippen LogP contribution is -2.63. The van der Waals surface area contributed by atoms with Crippen LogP contribution in [0.15, 0.2) is 48.5 Å². The van der Waals surface area contributed by atoms with Crippen LogP contribution in [0.25, 0.3) is 0 Å². The number of fused-ring (bicyclic) bond motifs is 4. The molecule has 0 unspecified atom stereocenters. The van der Waals surface area contributed by atoms with E-state index in [9.17, 15) is 33.6 Å². The molecule has 5 aliphatic rings. The second-order valence-electron chi connectivity index (χ2n) is 16.8. The van der Waals surface area contributed by atoms with Crippen LogP contribution in [-0.4, -0.2) is 132 Å². The largest absolute Gasteiger partial charge is 0.458 e. The summed E-state index contributed by atoms with van der Waals surface area (Å²) >= 11 is 0. The summed E-state index contributed by atoms with van der Waals surface area (Å²) in [5.41, 5.74) is 3.49. The highest BCUT2D eigenvalue weighted by Gasteiger charge is 2.47. The van der Waals surface area contributed by atoms with Gasteiger partial charge in [-0.25, -0.2) is 9.59 Å². The molecule has 8 atom stereocenters. The molecule has 316 valence electrons. The quantitative estimate of drug-likeness (QED) is 0.316. The molecule has 2 aromatic rings. The molecule has 4 saturated heterocycles. The topological polar surface area (TPSA) is 190 Å². The van der Waals surface area contributed by atoms with E-state index in [2.05, 4.69) is 26.2 Å². The number of anilines is 2. The molecule has 0 aliphatic carbocycles. The SMILES string of the molecule is C[C@@H]1C[C@H]2C(=O)O[C@@H](C)[C@H](NC(=O)[C@H](Cc3ccccc3)NC(=O)Nc3ccc4c(c3)CCN4C)C(=O)N3CCC[C@H]3C(=O)N3CCCC[C@H]3C(=O)N[C@@H](C)C(=O)N2C1. The summed E-state index contributed by atoms with van der Waals surface area (Å²) in [6.45, 7) is 6.63. The highest BCUT2D eigenvalue weighted by molar-refractivity contribution is 5.99. The summed E-state index contributed by atoms with van der Waals surface area (Å²) in [6, 6.07) is 7.78. The van der Waals surface area contributed by atoms with Gasteiger partial charge in [0.2, 0.25) is 29.5 Å². The Bertz CT molecular complexity index is 1960. The maximum Gasteiger partial charge on any atom is 0.329 e. The van der Waals surface area contributed by atoms with Crippen LogP contribution in [0, 0.1) is 5.92 Å². The number of rotatable bonds is 6. The van der Waals surface area contributed by atoms with Crippen molar-refractivity contribution in [1.82, 2.24) is 30.7 Å². The molecule has 0 radical (unpaired) electrons. The molecular formula is C43H56N8O8. The molecule has 5 aliphatic heterocycles. The van der Waals surface area contributed by atoms with Gasteiger partial charge in [0.15, 0.2) is 0 Å². The fraction of sp³-hybridized carbons (Fsp3) is 0.558. The van der Waals surface area contributed by atoms with Gasteiger partial charge in [0.05, 0.1) is 0 Å². The minimum atomic E-state index is -1.47. The summed E-state index contributed by atoms with van der Waals surface area (Å²) in [5.74, 6) is -3.45. The molecule has 0 aromatic heterocycles. The normalized spacial score (nSPS) is 28.2. The van der Waals surface area contributed by atoms with E-state index in [-0.39, 0.29) is 31.3 Å². The number of hydrogen-bond donors (Lipinski definition) is 4. The number of urea groups is 1. The number of carbonyl (C=O) groups is 7. The first-order valence-corrected chi connectivity index (χ1v) is 21.0. The molecular weight excluding hydrogens is 757 g/mol. The van der Waals surface area contributed by atoms with Crippen LogP contribution in [0.4, 0.5) is 16.2 Å². The van der Waals surface area contributed by atoms with Gasteiger partial charge in [-0.05, 0) is 94.0 Å². The number of hydrogen-bond acceptors (Lipinski definition) is 9. The highest BCUT2D eigenvalue weighted by atomic mass is 16.5. The molecule has 4 N–H and O–H groups in total. The Balaban J connectivity index is 1.18. The first-order chi connectivity index (χ1) is 28.3. The van der Waals surface area contributed by atoms with Gasteiger partial charge in [-0.1, -0.05) is 37.3 Å². The number of carbonyl (C=O) groups excluding carboxylic acids is 7. The Morgan fingerprint density at radius 1 is 0.831 bits per heavy atom. The second kappa shape index (κ2) is 17.7. The summed E-state index contributed by atoms with van der Waals surface area (Å²) in [5, 5.41) is 11.3. The number of amides is 7. The van der Waals surface area contributed by atoms with Gasteiger partial charge < -0.3 is 45.6 Å². The molecule has 2 aromatic carbocycles. The van der Waals surface area contributed by atoms with Crippen LogP contribution >= 0.6 is 0 Å². The van der Waals surface area contributed by atoms with E-state index in [0.717, 1.165) is 29.8 Å². The van der Waals surface area contributed by atoms with E-state index < -0.39 is 78.0 Å². The van der Waals surface area contributed by atoms with Gasteiger partial charge in [0.25, 0.3) is 0 Å². The van der Waals surface area contributed by atoms with Gasteiger partial charge in [-0.2, -0.15) is 0 Å². The van der Waals surface area contributed by atoms with Gasteiger partial charge in [0, 0.05) is 51.0 Å². The Morgan fingerprint density at radius 3 is 2.34 bits per heavy atom. The molecule has 59 heavy (non-hydrogen) atoms. The fourth-order valence-electron chi connectivity index (χ4n) is 9.25. The predicted molar refractivity (Wildman–Crippen MR) is 218 cm³/mol. The minimum absolute atomic E-state index is 0.0557. The van der Waals surface area contributed by atoms with Gasteiger partial charge >= 0.3 is 12.0 Å². The molecule has 7 rings (SSSR count). The summed E-state index contributed by atoms with van der Waals surface area (Å²) in [4.78, 5) is 105. The zero-order valence-corrected chi connectivity index (χ0v) is 34.3. The molecule has 0 saturated carbocycles. The van der Waals surface area contributed by atoms with Crippen molar-refractivity contribution < 1.29 is 38.3 Å². The standard InChI is InChI=1S/C43H56N8O8/c1-25-21-35-42(57)59-27(3)36(41(56)50-19-10-14-34(50)40(55)49-18-9-8-13-33(49)38(53)44-26(2)39(54)51(35)24-25)47-37(52)31(22-28-11-6-5-7-12-28)46-43(58)45-30-15-16-32-29(23-30)17-20-48(32)4/h5-7,11-12,15-16,23,25-27,31,33-36H,8-10,13-14,17-22,24H2,1-4H3,(H,44,53)(H,47,52)(H2,45,46,58)/t25-,26+,27+,31+,33+,34+,35+,36+/m1/s1. The summed E-state index contributed by atoms with van der Waals surface area (Å²) in [7, 11) is 2.01. The zero-order valence-electron chi connectivity index (χ0n) is 34.3. The van der Waals surface area contributed by atoms with E-state index in [1.54, 1.807) is 13.0 Å². The maximum absolute atomic E-state index is 14.8. The fourth-order valence-corrected chi connectivity index (χ4v) is 9.25. The van der Waals surface area contributed by atoms with E-state index in [4.69, 9.17) is 4.74 Å². The van der Waals surface area contributed by atoms with Crippen molar-refractivity contribution in [2.75, 3.05) is 43.4 Å². The predicted octanol–water partition coefficient (Wildman–Crippen LogP) is 1.96. The Hall–Kier alpha value is -5.67. The Morgan fingerprint density at radius 2 is 1.56 bits per heavy atom. The van der Waals surface area contributed by atoms with Crippen LogP contribution < -0.4 is 26.2 Å². The molecule has 4 fully saturated rings. The van der Waals surface area contributed by atoms with E-state index in [1.165, 1.54) is 21.6 Å². The summed E-state index contributed by atoms with van der Waals surface area (Å²) in [6.07, 6.45) is 2.60. The van der Waals surface area contributed by atoms with Crippen LogP contribution in [0.1, 0.15) is 70.4 Å². The lowest BCUT2D eigenvalue weighted by atomic mass is 9.99. The third-order valence-corrected chi connectivity index (χ3v) is 12.4. The molecule has 5 heterocycles. The van der Waals surface area contributed by atoms with Crippen molar-refractivity contribution >= 4 is 52.9 Å². The number of benzene rings is 2.